The van der Waals surface area contributed by atoms with Gasteiger partial charge in [-0.05, 0) is 26.7 Å². The van der Waals surface area contributed by atoms with Crippen LogP contribution in [0.3, 0.4) is 0 Å². The molecule has 0 heterocycles. The van der Waals surface area contributed by atoms with Gasteiger partial charge in [-0.3, -0.25) is 4.79 Å². The lowest BCUT2D eigenvalue weighted by Gasteiger charge is -2.35. The van der Waals surface area contributed by atoms with E-state index in [1.165, 1.54) is 0 Å². The van der Waals surface area contributed by atoms with E-state index in [1.807, 2.05) is 13.8 Å². The summed E-state index contributed by atoms with van der Waals surface area (Å²) in [6.07, 6.45) is -10.8. The van der Waals surface area contributed by atoms with Crippen LogP contribution in [-0.2, 0) is 23.8 Å². The summed E-state index contributed by atoms with van der Waals surface area (Å²) in [5.41, 5.74) is -1.84. The molecule has 0 rings (SSSR count). The van der Waals surface area contributed by atoms with Crippen molar-refractivity contribution in [3.05, 3.63) is 0 Å². The van der Waals surface area contributed by atoms with Gasteiger partial charge in [0.05, 0.1) is 62.5 Å². The van der Waals surface area contributed by atoms with Gasteiger partial charge in [-0.25, -0.2) is 4.79 Å². The molecule has 0 aliphatic heterocycles. The van der Waals surface area contributed by atoms with Crippen LogP contribution in [0.5, 0.6) is 0 Å². The maximum atomic E-state index is 12.3. The van der Waals surface area contributed by atoms with Gasteiger partial charge in [-0.1, -0.05) is 20.3 Å². The van der Waals surface area contributed by atoms with E-state index >= 15 is 0 Å². The third-order valence-electron chi connectivity index (χ3n) is 7.06. The zero-order chi connectivity index (χ0) is 33.4. The average Bonchev–Trinajstić information content (AvgIpc) is 2.96. The molecule has 0 spiro atoms. The van der Waals surface area contributed by atoms with Gasteiger partial charge in [-0.15, -0.1) is 0 Å². The van der Waals surface area contributed by atoms with Crippen molar-refractivity contribution in [3.8, 4) is 0 Å². The monoisotopic (exact) mass is 631 g/mol. The maximum absolute atomic E-state index is 12.3. The highest BCUT2D eigenvalue weighted by Crippen LogP contribution is 2.27. The summed E-state index contributed by atoms with van der Waals surface area (Å²) < 4.78 is 16.8. The van der Waals surface area contributed by atoms with Crippen LogP contribution < -0.4 is 5.32 Å². The van der Waals surface area contributed by atoms with Crippen LogP contribution in [0.4, 0.5) is 0 Å². The summed E-state index contributed by atoms with van der Waals surface area (Å²) in [5, 5.41) is 99.0. The molecule has 10 atom stereocenters. The zero-order valence-corrected chi connectivity index (χ0v) is 25.4. The number of carbonyl (C=O) groups excluding carboxylic acids is 1. The molecule has 0 saturated carbocycles. The van der Waals surface area contributed by atoms with Crippen molar-refractivity contribution in [2.75, 3.05) is 39.6 Å². The standard InChI is InChI=1S/C27H53NO15/c1-5-7-27(4,43-15-20(34)24(38)28-10-18(32)22(36)23(37)19(33)11-29)9-17(31)13-42-26(3,6-2)8-16(30)12-41-14-21(35)25(39)40/h16-23,29-37H,5-15H2,1-4H3,(H,28,38)(H,39,40)/t16?,17?,18-,19+,20?,21?,22+,23+,26?,27?/m0/s1. The van der Waals surface area contributed by atoms with Gasteiger partial charge in [0.1, 0.15) is 18.3 Å². The number of aliphatic carboxylic acids is 1. The van der Waals surface area contributed by atoms with Crippen LogP contribution >= 0.6 is 0 Å². The van der Waals surface area contributed by atoms with Crippen LogP contribution in [-0.4, -0.2) is 163 Å². The molecule has 0 aromatic heterocycles. The van der Waals surface area contributed by atoms with E-state index in [9.17, 15) is 50.4 Å². The van der Waals surface area contributed by atoms with Crippen LogP contribution in [0.15, 0.2) is 0 Å². The molecule has 0 saturated heterocycles. The molecule has 16 heteroatoms. The fraction of sp³-hybridized carbons (Fsp3) is 0.926. The van der Waals surface area contributed by atoms with Crippen molar-refractivity contribution >= 4 is 11.9 Å². The third-order valence-corrected chi connectivity index (χ3v) is 7.06. The molecule has 6 unspecified atom stereocenters. The van der Waals surface area contributed by atoms with Gasteiger partial charge in [0.15, 0.2) is 12.2 Å². The molecule has 0 aliphatic carbocycles. The molecule has 0 radical (unpaired) electrons. The van der Waals surface area contributed by atoms with E-state index in [0.717, 1.165) is 0 Å². The second kappa shape index (κ2) is 20.5. The van der Waals surface area contributed by atoms with Gasteiger partial charge in [0, 0.05) is 19.4 Å². The summed E-state index contributed by atoms with van der Waals surface area (Å²) in [5.74, 6) is -2.38. The first-order valence-electron chi connectivity index (χ1n) is 14.4. The Balaban J connectivity index is 4.86. The van der Waals surface area contributed by atoms with Crippen molar-refractivity contribution in [1.82, 2.24) is 5.32 Å². The van der Waals surface area contributed by atoms with E-state index < -0.39 is 98.3 Å². The SMILES string of the molecule is CCCC(C)(CC(O)COC(C)(CC)CC(O)COCC(O)C(=O)O)OCC(O)C(=O)NC[C@H](O)[C@@H](O)[C@H](O)[C@H](O)CO. The van der Waals surface area contributed by atoms with Gasteiger partial charge in [-0.2, -0.15) is 0 Å². The molecule has 0 bridgehead atoms. The first kappa shape index (κ1) is 41.5. The minimum Gasteiger partial charge on any atom is -0.479 e. The number of rotatable bonds is 25. The summed E-state index contributed by atoms with van der Waals surface area (Å²) in [6, 6.07) is 0. The smallest absolute Gasteiger partial charge is 0.334 e. The molecule has 256 valence electrons. The molecular weight excluding hydrogens is 578 g/mol. The Hall–Kier alpha value is -1.54. The third kappa shape index (κ3) is 16.4. The lowest BCUT2D eigenvalue weighted by Crippen LogP contribution is -2.51. The molecule has 11 N–H and O–H groups in total. The van der Waals surface area contributed by atoms with Gasteiger partial charge in [0.25, 0.3) is 5.91 Å². The molecule has 16 nitrogen and oxygen atoms in total. The Morgan fingerprint density at radius 2 is 1.28 bits per heavy atom. The molecule has 0 aromatic rings. The number of aliphatic hydroxyl groups is 9. The topological polar surface area (TPSA) is 276 Å². The first-order chi connectivity index (χ1) is 19.9. The van der Waals surface area contributed by atoms with Crippen molar-refractivity contribution in [2.24, 2.45) is 0 Å². The average molecular weight is 632 g/mol. The van der Waals surface area contributed by atoms with E-state index in [2.05, 4.69) is 5.32 Å². The molecule has 0 fully saturated rings. The van der Waals surface area contributed by atoms with E-state index in [1.54, 1.807) is 13.8 Å². The molecule has 1 amide bonds. The number of hydrogen-bond acceptors (Lipinski definition) is 14. The summed E-state index contributed by atoms with van der Waals surface area (Å²) in [4.78, 5) is 22.9. The lowest BCUT2D eigenvalue weighted by molar-refractivity contribution is -0.151. The molecular formula is C27H53NO15. The quantitative estimate of drug-likeness (QED) is 0.0469. The Bertz CT molecular complexity index is 791. The number of hydrogen-bond donors (Lipinski definition) is 11. The summed E-state index contributed by atoms with van der Waals surface area (Å²) in [6.45, 7) is 4.42. The van der Waals surface area contributed by atoms with E-state index in [4.69, 9.17) is 24.4 Å². The van der Waals surface area contributed by atoms with Crippen LogP contribution in [0, 0.1) is 0 Å². The highest BCUT2D eigenvalue weighted by Gasteiger charge is 2.34. The maximum Gasteiger partial charge on any atom is 0.334 e. The number of aliphatic hydroxyl groups excluding tert-OH is 9. The highest BCUT2D eigenvalue weighted by molar-refractivity contribution is 5.80. The Morgan fingerprint density at radius 1 is 0.744 bits per heavy atom. The number of ether oxygens (including phenoxy) is 3. The van der Waals surface area contributed by atoms with E-state index in [0.29, 0.717) is 19.3 Å². The van der Waals surface area contributed by atoms with Crippen molar-refractivity contribution in [3.63, 3.8) is 0 Å². The molecule has 0 aromatic carbocycles. The minimum atomic E-state index is -1.88. The minimum absolute atomic E-state index is 0.0731. The number of carboxylic acid groups (broad SMARTS) is 1. The number of carbonyl (C=O) groups is 2. The van der Waals surface area contributed by atoms with Crippen molar-refractivity contribution in [2.45, 2.75) is 120 Å². The van der Waals surface area contributed by atoms with Gasteiger partial charge >= 0.3 is 5.97 Å². The first-order valence-corrected chi connectivity index (χ1v) is 14.4. The predicted molar refractivity (Wildman–Crippen MR) is 150 cm³/mol. The second-order valence-corrected chi connectivity index (χ2v) is 11.3. The normalized spacial score (nSPS) is 20.5. The Labute approximate surface area is 251 Å². The van der Waals surface area contributed by atoms with Crippen LogP contribution in [0.25, 0.3) is 0 Å². The van der Waals surface area contributed by atoms with Gasteiger partial charge < -0.3 is 70.6 Å². The Kier molecular flexibility index (Phi) is 19.7. The van der Waals surface area contributed by atoms with Crippen molar-refractivity contribution < 1.29 is 74.9 Å². The summed E-state index contributed by atoms with van der Waals surface area (Å²) >= 11 is 0. The van der Waals surface area contributed by atoms with Crippen LogP contribution in [0.2, 0.25) is 0 Å². The second-order valence-electron chi connectivity index (χ2n) is 11.3. The lowest BCUT2D eigenvalue weighted by atomic mass is 9.92. The zero-order valence-electron chi connectivity index (χ0n) is 25.4. The number of carboxylic acids is 1. The largest absolute Gasteiger partial charge is 0.479 e. The Morgan fingerprint density at radius 3 is 1.81 bits per heavy atom. The van der Waals surface area contributed by atoms with E-state index in [-0.39, 0.29) is 26.1 Å². The number of nitrogens with one attached hydrogen (secondary N) is 1. The predicted octanol–water partition coefficient (Wildman–Crippen LogP) is -3.38. The number of amides is 1. The van der Waals surface area contributed by atoms with Crippen LogP contribution in [0.1, 0.15) is 59.8 Å². The van der Waals surface area contributed by atoms with Gasteiger partial charge in [0.2, 0.25) is 0 Å². The fourth-order valence-corrected chi connectivity index (χ4v) is 4.23. The molecule has 0 aliphatic rings. The van der Waals surface area contributed by atoms with Crippen molar-refractivity contribution in [1.29, 1.82) is 0 Å². The molecule has 43 heavy (non-hydrogen) atoms. The fourth-order valence-electron chi connectivity index (χ4n) is 4.23. The highest BCUT2D eigenvalue weighted by atomic mass is 16.5. The summed E-state index contributed by atoms with van der Waals surface area (Å²) in [7, 11) is 0.